The molecule has 0 atom stereocenters. The van der Waals surface area contributed by atoms with Crippen molar-refractivity contribution in [2.45, 2.75) is 32.6 Å². The van der Waals surface area contributed by atoms with Gasteiger partial charge >= 0.3 is 6.01 Å². The van der Waals surface area contributed by atoms with Crippen molar-refractivity contribution in [3.63, 3.8) is 0 Å². The fourth-order valence-electron chi connectivity index (χ4n) is 2.03. The summed E-state index contributed by atoms with van der Waals surface area (Å²) >= 11 is 0. The van der Waals surface area contributed by atoms with E-state index in [2.05, 4.69) is 15.3 Å². The van der Waals surface area contributed by atoms with Gasteiger partial charge in [0.05, 0.1) is 24.7 Å². The Hall–Kier alpha value is -1.98. The molecule has 0 bridgehead atoms. The topological polar surface area (TPSA) is 81.2 Å². The number of aromatic nitrogens is 2. The van der Waals surface area contributed by atoms with E-state index in [1.807, 2.05) is 6.92 Å². The summed E-state index contributed by atoms with van der Waals surface area (Å²) in [5.74, 6) is 0.0815. The maximum Gasteiger partial charge on any atom is 0.316 e. The highest BCUT2D eigenvalue weighted by Crippen LogP contribution is 2.22. The van der Waals surface area contributed by atoms with Crippen molar-refractivity contribution in [2.75, 3.05) is 11.9 Å². The Labute approximate surface area is 111 Å². The molecule has 0 unspecified atom stereocenters. The first-order chi connectivity index (χ1) is 9.19. The van der Waals surface area contributed by atoms with Gasteiger partial charge in [-0.25, -0.2) is 9.97 Å². The Morgan fingerprint density at radius 2 is 2.00 bits per heavy atom. The summed E-state index contributed by atoms with van der Waals surface area (Å²) in [5, 5.41) is 2.76. The third kappa shape index (κ3) is 3.74. The number of amides is 1. The number of hydrogen-bond acceptors (Lipinski definition) is 5. The molecule has 1 saturated carbocycles. The lowest BCUT2D eigenvalue weighted by Crippen LogP contribution is -2.27. The number of nitrogens with zero attached hydrogens (tertiary/aromatic N) is 2. The van der Waals surface area contributed by atoms with Crippen molar-refractivity contribution in [1.29, 1.82) is 0 Å². The van der Waals surface area contributed by atoms with Gasteiger partial charge in [-0.2, -0.15) is 0 Å². The van der Waals surface area contributed by atoms with Crippen molar-refractivity contribution in [1.82, 2.24) is 9.97 Å². The van der Waals surface area contributed by atoms with E-state index in [0.717, 1.165) is 0 Å². The molecule has 2 rings (SSSR count). The summed E-state index contributed by atoms with van der Waals surface area (Å²) in [5.41, 5.74) is 0.547. The molecule has 0 aromatic carbocycles. The number of Topliss-reactive ketones (excluding diaryl/α,β-unsaturated/α-hetero) is 1. The second-order valence-corrected chi connectivity index (χ2v) is 4.49. The first-order valence-corrected chi connectivity index (χ1v) is 6.46. The van der Waals surface area contributed by atoms with E-state index >= 15 is 0 Å². The average molecular weight is 263 g/mol. The summed E-state index contributed by atoms with van der Waals surface area (Å²) in [6.07, 6.45) is 5.29. The molecular weight excluding hydrogens is 246 g/mol. The third-order valence-electron chi connectivity index (χ3n) is 3.08. The molecule has 1 aliphatic rings. The number of carbonyl (C=O) groups is 2. The second kappa shape index (κ2) is 6.26. The van der Waals surface area contributed by atoms with Gasteiger partial charge in [-0.1, -0.05) is 0 Å². The minimum Gasteiger partial charge on any atom is -0.464 e. The second-order valence-electron chi connectivity index (χ2n) is 4.49. The molecule has 102 valence electrons. The zero-order valence-corrected chi connectivity index (χ0v) is 10.9. The number of hydrogen-bond donors (Lipinski definition) is 1. The molecule has 6 nitrogen and oxygen atoms in total. The highest BCUT2D eigenvalue weighted by Gasteiger charge is 2.24. The molecule has 0 aliphatic heterocycles. The Morgan fingerprint density at radius 3 is 2.58 bits per heavy atom. The molecule has 1 heterocycles. The van der Waals surface area contributed by atoms with Crippen molar-refractivity contribution in [2.24, 2.45) is 5.92 Å². The van der Waals surface area contributed by atoms with Gasteiger partial charge in [-0.05, 0) is 19.8 Å². The molecule has 1 fully saturated rings. The van der Waals surface area contributed by atoms with Crippen molar-refractivity contribution < 1.29 is 14.3 Å². The summed E-state index contributed by atoms with van der Waals surface area (Å²) in [4.78, 5) is 31.1. The van der Waals surface area contributed by atoms with Crippen LogP contribution in [0.4, 0.5) is 5.69 Å². The number of ether oxygens (including phenoxy) is 1. The smallest absolute Gasteiger partial charge is 0.316 e. The number of nitrogens with one attached hydrogen (secondary N) is 1. The zero-order valence-electron chi connectivity index (χ0n) is 10.9. The predicted octanol–water partition coefficient (Wildman–Crippen LogP) is 1.57. The lowest BCUT2D eigenvalue weighted by atomic mass is 9.88. The summed E-state index contributed by atoms with van der Waals surface area (Å²) in [6, 6.07) is 0.295. The van der Waals surface area contributed by atoms with Crippen LogP contribution in [0.3, 0.4) is 0 Å². The molecule has 0 saturated heterocycles. The van der Waals surface area contributed by atoms with E-state index in [0.29, 0.717) is 44.0 Å². The number of anilines is 1. The van der Waals surface area contributed by atoms with Crippen LogP contribution < -0.4 is 10.1 Å². The fourth-order valence-corrected chi connectivity index (χ4v) is 2.03. The molecule has 0 spiro atoms. The molecule has 0 radical (unpaired) electrons. The predicted molar refractivity (Wildman–Crippen MR) is 68.8 cm³/mol. The Bertz CT molecular complexity index is 449. The van der Waals surface area contributed by atoms with Crippen LogP contribution in [0.5, 0.6) is 6.01 Å². The summed E-state index contributed by atoms with van der Waals surface area (Å²) in [7, 11) is 0. The van der Waals surface area contributed by atoms with Gasteiger partial charge in [0, 0.05) is 18.8 Å². The number of ketones is 1. The zero-order chi connectivity index (χ0) is 13.7. The van der Waals surface area contributed by atoms with Crippen LogP contribution in [0.25, 0.3) is 0 Å². The molecule has 1 N–H and O–H groups in total. The van der Waals surface area contributed by atoms with Gasteiger partial charge < -0.3 is 10.1 Å². The van der Waals surface area contributed by atoms with Crippen LogP contribution in [0, 0.1) is 5.92 Å². The van der Waals surface area contributed by atoms with E-state index in [-0.39, 0.29) is 17.6 Å². The van der Waals surface area contributed by atoms with Crippen molar-refractivity contribution in [3.8, 4) is 6.01 Å². The van der Waals surface area contributed by atoms with Gasteiger partial charge in [0.1, 0.15) is 5.78 Å². The van der Waals surface area contributed by atoms with Gasteiger partial charge in [0.15, 0.2) is 0 Å². The Kier molecular flexibility index (Phi) is 4.43. The molecule has 1 aliphatic carbocycles. The van der Waals surface area contributed by atoms with Crippen molar-refractivity contribution >= 4 is 17.4 Å². The van der Waals surface area contributed by atoms with Gasteiger partial charge in [0.25, 0.3) is 0 Å². The first kappa shape index (κ1) is 13.5. The highest BCUT2D eigenvalue weighted by atomic mass is 16.5. The van der Waals surface area contributed by atoms with Gasteiger partial charge in [0.2, 0.25) is 5.91 Å². The normalized spacial score (nSPS) is 16.2. The van der Waals surface area contributed by atoms with Crippen molar-refractivity contribution in [3.05, 3.63) is 12.4 Å². The van der Waals surface area contributed by atoms with E-state index in [1.165, 1.54) is 12.4 Å². The molecular formula is C13H17N3O3. The van der Waals surface area contributed by atoms with Crippen LogP contribution in [-0.2, 0) is 9.59 Å². The lowest BCUT2D eigenvalue weighted by molar-refractivity contribution is -0.125. The van der Waals surface area contributed by atoms with E-state index in [9.17, 15) is 9.59 Å². The molecule has 6 heteroatoms. The largest absolute Gasteiger partial charge is 0.464 e. The van der Waals surface area contributed by atoms with Crippen LogP contribution in [0.15, 0.2) is 12.4 Å². The standard InChI is InChI=1S/C13H17N3O3/c1-2-19-13-14-7-10(8-15-13)16-12(18)9-3-5-11(17)6-4-9/h7-9H,2-6H2,1H3,(H,16,18). The summed E-state index contributed by atoms with van der Waals surface area (Å²) in [6.45, 7) is 2.35. The van der Waals surface area contributed by atoms with E-state index < -0.39 is 0 Å². The van der Waals surface area contributed by atoms with E-state index in [1.54, 1.807) is 0 Å². The summed E-state index contributed by atoms with van der Waals surface area (Å²) < 4.78 is 5.12. The number of rotatable bonds is 4. The molecule has 1 aromatic heterocycles. The van der Waals surface area contributed by atoms with Crippen LogP contribution >= 0.6 is 0 Å². The third-order valence-corrected chi connectivity index (χ3v) is 3.08. The monoisotopic (exact) mass is 263 g/mol. The molecule has 19 heavy (non-hydrogen) atoms. The van der Waals surface area contributed by atoms with Crippen LogP contribution in [-0.4, -0.2) is 28.3 Å². The number of carbonyl (C=O) groups excluding carboxylic acids is 2. The van der Waals surface area contributed by atoms with Gasteiger partial charge in [-0.3, -0.25) is 9.59 Å². The Morgan fingerprint density at radius 1 is 1.37 bits per heavy atom. The maximum atomic E-state index is 12.0. The maximum absolute atomic E-state index is 12.0. The van der Waals surface area contributed by atoms with Crippen LogP contribution in [0.2, 0.25) is 0 Å². The quantitative estimate of drug-likeness (QED) is 0.891. The first-order valence-electron chi connectivity index (χ1n) is 6.46. The molecule has 1 aromatic rings. The van der Waals surface area contributed by atoms with Gasteiger partial charge in [-0.15, -0.1) is 0 Å². The SMILES string of the molecule is CCOc1ncc(NC(=O)C2CCC(=O)CC2)cn1. The van der Waals surface area contributed by atoms with Crippen LogP contribution in [0.1, 0.15) is 32.6 Å². The Balaban J connectivity index is 1.89. The van der Waals surface area contributed by atoms with E-state index in [4.69, 9.17) is 4.74 Å². The average Bonchev–Trinajstić information content (AvgIpc) is 2.42. The molecule has 1 amide bonds. The highest BCUT2D eigenvalue weighted by molar-refractivity contribution is 5.93. The fraction of sp³-hybridized carbons (Fsp3) is 0.538. The minimum atomic E-state index is -0.0933. The lowest BCUT2D eigenvalue weighted by Gasteiger charge is -2.19. The minimum absolute atomic E-state index is 0.0692.